The molecule has 0 spiro atoms. The molecular formula is C14H10Cl2N2O. The molecule has 0 aliphatic heterocycles. The largest absolute Gasteiger partial charge is 0.486 e. The molecule has 0 fully saturated rings. The summed E-state index contributed by atoms with van der Waals surface area (Å²) < 4.78 is 7.59. The van der Waals surface area contributed by atoms with Gasteiger partial charge in [-0.1, -0.05) is 29.3 Å². The molecular weight excluding hydrogens is 283 g/mol. The zero-order chi connectivity index (χ0) is 13.2. The van der Waals surface area contributed by atoms with Crippen molar-refractivity contribution in [3.63, 3.8) is 0 Å². The third-order valence-electron chi connectivity index (χ3n) is 2.68. The first-order chi connectivity index (χ1) is 9.22. The first kappa shape index (κ1) is 12.3. The number of hydrogen-bond donors (Lipinski definition) is 0. The Morgan fingerprint density at radius 2 is 2.05 bits per heavy atom. The molecule has 0 saturated carbocycles. The van der Waals surface area contributed by atoms with Gasteiger partial charge < -0.3 is 9.14 Å². The van der Waals surface area contributed by atoms with Crippen LogP contribution in [-0.2, 0) is 6.61 Å². The minimum absolute atomic E-state index is 0.364. The molecule has 2 aromatic heterocycles. The number of hydrogen-bond acceptors (Lipinski definition) is 2. The van der Waals surface area contributed by atoms with Crippen LogP contribution < -0.4 is 4.74 Å². The van der Waals surface area contributed by atoms with Gasteiger partial charge in [0.25, 0.3) is 0 Å². The molecule has 5 heteroatoms. The van der Waals surface area contributed by atoms with Crippen LogP contribution in [0.25, 0.3) is 5.65 Å². The summed E-state index contributed by atoms with van der Waals surface area (Å²) in [5.74, 6) is 0.600. The van der Waals surface area contributed by atoms with Gasteiger partial charge in [-0.05, 0) is 30.3 Å². The summed E-state index contributed by atoms with van der Waals surface area (Å²) in [4.78, 5) is 4.44. The summed E-state index contributed by atoms with van der Waals surface area (Å²) >= 11 is 11.9. The summed E-state index contributed by atoms with van der Waals surface area (Å²) in [7, 11) is 0. The monoisotopic (exact) mass is 292 g/mol. The molecule has 0 aliphatic rings. The lowest BCUT2D eigenvalue weighted by Gasteiger charge is -2.06. The van der Waals surface area contributed by atoms with E-state index in [2.05, 4.69) is 4.98 Å². The van der Waals surface area contributed by atoms with Crippen LogP contribution in [0.1, 0.15) is 5.69 Å². The summed E-state index contributed by atoms with van der Waals surface area (Å²) in [6.45, 7) is 0.364. The third kappa shape index (κ3) is 2.67. The molecule has 96 valence electrons. The second-order valence-corrected chi connectivity index (χ2v) is 4.91. The predicted octanol–water partition coefficient (Wildman–Crippen LogP) is 4.22. The van der Waals surface area contributed by atoms with Crippen LogP contribution in [0.2, 0.25) is 10.0 Å². The van der Waals surface area contributed by atoms with Gasteiger partial charge in [0.1, 0.15) is 18.0 Å². The van der Waals surface area contributed by atoms with Crippen molar-refractivity contribution in [1.29, 1.82) is 0 Å². The van der Waals surface area contributed by atoms with E-state index in [1.807, 2.05) is 35.0 Å². The lowest BCUT2D eigenvalue weighted by molar-refractivity contribution is 0.302. The number of ether oxygens (including phenoxy) is 1. The Morgan fingerprint density at radius 1 is 1.16 bits per heavy atom. The van der Waals surface area contributed by atoms with Crippen LogP contribution in [-0.4, -0.2) is 9.38 Å². The van der Waals surface area contributed by atoms with Crippen molar-refractivity contribution in [1.82, 2.24) is 9.38 Å². The van der Waals surface area contributed by atoms with E-state index in [1.54, 1.807) is 18.2 Å². The maximum absolute atomic E-state index is 6.04. The number of benzene rings is 1. The van der Waals surface area contributed by atoms with E-state index < -0.39 is 0 Å². The lowest BCUT2D eigenvalue weighted by Crippen LogP contribution is -1.96. The molecule has 0 N–H and O–H groups in total. The van der Waals surface area contributed by atoms with E-state index in [0.29, 0.717) is 22.4 Å². The second kappa shape index (κ2) is 5.11. The molecule has 0 amide bonds. The Labute approximate surface area is 120 Å². The van der Waals surface area contributed by atoms with Crippen molar-refractivity contribution < 1.29 is 4.74 Å². The van der Waals surface area contributed by atoms with Gasteiger partial charge in [0.2, 0.25) is 0 Å². The third-order valence-corrected chi connectivity index (χ3v) is 3.21. The number of pyridine rings is 1. The molecule has 2 heterocycles. The molecule has 0 aliphatic carbocycles. The minimum atomic E-state index is 0.364. The van der Waals surface area contributed by atoms with E-state index in [0.717, 1.165) is 11.3 Å². The Balaban J connectivity index is 1.78. The molecule has 0 saturated heterocycles. The van der Waals surface area contributed by atoms with Crippen LogP contribution >= 0.6 is 23.2 Å². The zero-order valence-corrected chi connectivity index (χ0v) is 11.4. The quantitative estimate of drug-likeness (QED) is 0.722. The van der Waals surface area contributed by atoms with Crippen LogP contribution in [0.4, 0.5) is 0 Å². The Bertz CT molecular complexity index is 691. The number of halogens is 2. The maximum Gasteiger partial charge on any atom is 0.138 e. The van der Waals surface area contributed by atoms with Crippen LogP contribution in [0.3, 0.4) is 0 Å². The second-order valence-electron chi connectivity index (χ2n) is 4.06. The molecule has 3 aromatic rings. The highest BCUT2D eigenvalue weighted by molar-refractivity contribution is 6.35. The first-order valence-corrected chi connectivity index (χ1v) is 6.48. The van der Waals surface area contributed by atoms with Gasteiger partial charge in [-0.2, -0.15) is 0 Å². The van der Waals surface area contributed by atoms with Gasteiger partial charge in [-0.25, -0.2) is 4.98 Å². The molecule has 0 bridgehead atoms. The van der Waals surface area contributed by atoms with E-state index >= 15 is 0 Å². The standard InChI is InChI=1S/C14H10Cl2N2O/c15-10-4-5-13(12(16)7-10)19-9-11-8-18-6-2-1-3-14(18)17-11/h1-8H,9H2. The van der Waals surface area contributed by atoms with Crippen molar-refractivity contribution in [2.24, 2.45) is 0 Å². The summed E-state index contributed by atoms with van der Waals surface area (Å²) in [5, 5.41) is 1.08. The topological polar surface area (TPSA) is 26.5 Å². The molecule has 3 nitrogen and oxygen atoms in total. The van der Waals surface area contributed by atoms with E-state index in [1.165, 1.54) is 0 Å². The SMILES string of the molecule is Clc1ccc(OCc2cn3ccccc3n2)c(Cl)c1. The molecule has 1 aromatic carbocycles. The van der Waals surface area contributed by atoms with Crippen LogP contribution in [0.15, 0.2) is 48.8 Å². The average molecular weight is 293 g/mol. The predicted molar refractivity (Wildman–Crippen MR) is 76.0 cm³/mol. The van der Waals surface area contributed by atoms with E-state index in [9.17, 15) is 0 Å². The number of imidazole rings is 1. The molecule has 0 unspecified atom stereocenters. The van der Waals surface area contributed by atoms with Crippen molar-refractivity contribution in [3.8, 4) is 5.75 Å². The van der Waals surface area contributed by atoms with Gasteiger partial charge in [0.05, 0.1) is 10.7 Å². The number of rotatable bonds is 3. The van der Waals surface area contributed by atoms with Gasteiger partial charge in [0.15, 0.2) is 0 Å². The fraction of sp³-hybridized carbons (Fsp3) is 0.0714. The Morgan fingerprint density at radius 3 is 2.84 bits per heavy atom. The fourth-order valence-electron chi connectivity index (χ4n) is 1.80. The maximum atomic E-state index is 6.04. The molecule has 19 heavy (non-hydrogen) atoms. The van der Waals surface area contributed by atoms with Crippen LogP contribution in [0, 0.1) is 0 Å². The lowest BCUT2D eigenvalue weighted by atomic mass is 10.3. The Kier molecular flexibility index (Phi) is 3.32. The van der Waals surface area contributed by atoms with Crippen molar-refractivity contribution in [3.05, 3.63) is 64.5 Å². The highest BCUT2D eigenvalue weighted by Gasteiger charge is 2.05. The van der Waals surface area contributed by atoms with Crippen molar-refractivity contribution >= 4 is 28.8 Å². The average Bonchev–Trinajstić information content (AvgIpc) is 2.80. The summed E-state index contributed by atoms with van der Waals surface area (Å²) in [6.07, 6.45) is 3.88. The normalized spacial score (nSPS) is 10.8. The minimum Gasteiger partial charge on any atom is -0.486 e. The van der Waals surface area contributed by atoms with Crippen LogP contribution in [0.5, 0.6) is 5.75 Å². The molecule has 0 atom stereocenters. The smallest absolute Gasteiger partial charge is 0.138 e. The molecule has 3 rings (SSSR count). The van der Waals surface area contributed by atoms with Gasteiger partial charge in [-0.15, -0.1) is 0 Å². The zero-order valence-electron chi connectivity index (χ0n) is 9.88. The fourth-order valence-corrected chi connectivity index (χ4v) is 2.26. The number of nitrogens with zero attached hydrogens (tertiary/aromatic N) is 2. The van der Waals surface area contributed by atoms with E-state index in [4.69, 9.17) is 27.9 Å². The van der Waals surface area contributed by atoms with E-state index in [-0.39, 0.29) is 0 Å². The summed E-state index contributed by atoms with van der Waals surface area (Å²) in [6, 6.07) is 11.0. The Hall–Kier alpha value is -1.71. The van der Waals surface area contributed by atoms with Gasteiger partial charge in [-0.3, -0.25) is 0 Å². The van der Waals surface area contributed by atoms with Crippen molar-refractivity contribution in [2.75, 3.05) is 0 Å². The number of fused-ring (bicyclic) bond motifs is 1. The number of aromatic nitrogens is 2. The molecule has 0 radical (unpaired) electrons. The van der Waals surface area contributed by atoms with Crippen molar-refractivity contribution in [2.45, 2.75) is 6.61 Å². The van der Waals surface area contributed by atoms with Gasteiger partial charge >= 0.3 is 0 Å². The highest BCUT2D eigenvalue weighted by atomic mass is 35.5. The summed E-state index contributed by atoms with van der Waals surface area (Å²) in [5.41, 5.74) is 1.74. The highest BCUT2D eigenvalue weighted by Crippen LogP contribution is 2.28. The first-order valence-electron chi connectivity index (χ1n) is 5.73. The van der Waals surface area contributed by atoms with Gasteiger partial charge in [0, 0.05) is 17.4 Å².